The second-order valence-electron chi connectivity index (χ2n) is 8.70. The fraction of sp³-hybridized carbons (Fsp3) is 0.435. The first-order valence-electron chi connectivity index (χ1n) is 10.9. The average Bonchev–Trinajstić information content (AvgIpc) is 3.24. The number of hydrogen-bond acceptors (Lipinski definition) is 4. The van der Waals surface area contributed by atoms with Crippen molar-refractivity contribution in [3.63, 3.8) is 0 Å². The summed E-state index contributed by atoms with van der Waals surface area (Å²) in [7, 11) is 0. The first-order valence-corrected chi connectivity index (χ1v) is 11.3. The van der Waals surface area contributed by atoms with Crippen molar-refractivity contribution < 1.29 is 18.0 Å². The van der Waals surface area contributed by atoms with Gasteiger partial charge in [-0.25, -0.2) is 4.98 Å². The summed E-state index contributed by atoms with van der Waals surface area (Å²) in [6.45, 7) is 3.96. The molecule has 2 heterocycles. The number of nitrogens with one attached hydrogen (secondary N) is 2. The third-order valence-electron chi connectivity index (χ3n) is 5.82. The van der Waals surface area contributed by atoms with Crippen molar-refractivity contribution in [2.24, 2.45) is 0 Å². The summed E-state index contributed by atoms with van der Waals surface area (Å²) in [5, 5.41) is 11.4. The highest BCUT2D eigenvalue weighted by Gasteiger charge is 2.34. The van der Waals surface area contributed by atoms with Crippen LogP contribution in [0.4, 0.5) is 18.9 Å². The Hall–Kier alpha value is -2.81. The number of hydrogen-bond donors (Lipinski definition) is 2. The molecule has 1 amide bonds. The summed E-state index contributed by atoms with van der Waals surface area (Å²) in [5.41, 5.74) is 0.0931. The van der Waals surface area contributed by atoms with Gasteiger partial charge >= 0.3 is 6.18 Å². The van der Waals surface area contributed by atoms with Gasteiger partial charge in [0.15, 0.2) is 0 Å². The molecular formula is C23H25ClF3N5O. The van der Waals surface area contributed by atoms with Crippen molar-refractivity contribution in [2.75, 3.05) is 5.32 Å². The molecule has 1 aliphatic rings. The largest absolute Gasteiger partial charge is 0.433 e. The van der Waals surface area contributed by atoms with E-state index in [0.29, 0.717) is 28.1 Å². The summed E-state index contributed by atoms with van der Waals surface area (Å²) < 4.78 is 41.9. The molecule has 0 saturated heterocycles. The third kappa shape index (κ3) is 5.40. The van der Waals surface area contributed by atoms with Crippen molar-refractivity contribution in [1.82, 2.24) is 20.1 Å². The summed E-state index contributed by atoms with van der Waals surface area (Å²) >= 11 is 6.09. The lowest BCUT2D eigenvalue weighted by Gasteiger charge is -2.31. The van der Waals surface area contributed by atoms with E-state index in [2.05, 4.69) is 20.7 Å². The van der Waals surface area contributed by atoms with Gasteiger partial charge in [-0.15, -0.1) is 0 Å². The summed E-state index contributed by atoms with van der Waals surface area (Å²) in [4.78, 5) is 16.4. The predicted octanol–water partition coefficient (Wildman–Crippen LogP) is 5.84. The number of nitrogens with zero attached hydrogens (tertiary/aromatic N) is 3. The van der Waals surface area contributed by atoms with Crippen molar-refractivity contribution in [3.8, 4) is 0 Å². The molecule has 1 fully saturated rings. The number of anilines is 1. The molecule has 0 bridgehead atoms. The number of rotatable bonds is 5. The Kier molecular flexibility index (Phi) is 6.52. The zero-order valence-corrected chi connectivity index (χ0v) is 19.0. The number of halogens is 4. The SMILES string of the molecule is CC(C)n1cc(C(=O)N[C@@H]2CCC[C@H](Nc3cc(C(F)(F)F)nc4ccc(Cl)cc34)C2)cn1. The highest BCUT2D eigenvalue weighted by Crippen LogP contribution is 2.35. The van der Waals surface area contributed by atoms with Gasteiger partial charge in [0, 0.05) is 40.4 Å². The third-order valence-corrected chi connectivity index (χ3v) is 6.06. The van der Waals surface area contributed by atoms with E-state index in [1.54, 1.807) is 23.1 Å². The molecule has 2 aromatic heterocycles. The van der Waals surface area contributed by atoms with E-state index in [1.807, 2.05) is 13.8 Å². The molecule has 2 N–H and O–H groups in total. The monoisotopic (exact) mass is 479 g/mol. The number of benzene rings is 1. The van der Waals surface area contributed by atoms with Crippen molar-refractivity contribution in [3.05, 3.63) is 52.9 Å². The topological polar surface area (TPSA) is 71.8 Å². The lowest BCUT2D eigenvalue weighted by Crippen LogP contribution is -2.41. The lowest BCUT2D eigenvalue weighted by atomic mass is 9.90. The minimum atomic E-state index is -4.56. The van der Waals surface area contributed by atoms with Crippen LogP contribution in [0.2, 0.25) is 5.02 Å². The van der Waals surface area contributed by atoms with Gasteiger partial charge in [0.2, 0.25) is 0 Å². The van der Waals surface area contributed by atoms with Crippen LogP contribution < -0.4 is 10.6 Å². The number of aromatic nitrogens is 3. The first kappa shape index (κ1) is 23.4. The van der Waals surface area contributed by atoms with Gasteiger partial charge in [0.25, 0.3) is 5.91 Å². The van der Waals surface area contributed by atoms with Crippen LogP contribution in [0.3, 0.4) is 0 Å². The second kappa shape index (κ2) is 9.21. The van der Waals surface area contributed by atoms with Gasteiger partial charge in [-0.3, -0.25) is 9.48 Å². The summed E-state index contributed by atoms with van der Waals surface area (Å²) in [6, 6.07) is 5.61. The number of pyridine rings is 1. The summed E-state index contributed by atoms with van der Waals surface area (Å²) in [5.74, 6) is -0.201. The zero-order valence-electron chi connectivity index (χ0n) is 18.3. The molecular weight excluding hydrogens is 455 g/mol. The Labute approximate surface area is 194 Å². The van der Waals surface area contributed by atoms with E-state index >= 15 is 0 Å². The minimum absolute atomic E-state index is 0.0927. The molecule has 0 spiro atoms. The Morgan fingerprint density at radius 2 is 1.97 bits per heavy atom. The van der Waals surface area contributed by atoms with Gasteiger partial charge < -0.3 is 10.6 Å². The number of fused-ring (bicyclic) bond motifs is 1. The minimum Gasteiger partial charge on any atom is -0.382 e. The maximum absolute atomic E-state index is 13.4. The fourth-order valence-electron chi connectivity index (χ4n) is 4.14. The molecule has 0 unspecified atom stereocenters. The van der Waals surface area contributed by atoms with Crippen LogP contribution in [0.1, 0.15) is 61.6 Å². The molecule has 3 aromatic rings. The predicted molar refractivity (Wildman–Crippen MR) is 121 cm³/mol. The first-order chi connectivity index (χ1) is 15.6. The smallest absolute Gasteiger partial charge is 0.382 e. The van der Waals surface area contributed by atoms with E-state index in [0.717, 1.165) is 25.3 Å². The van der Waals surface area contributed by atoms with E-state index < -0.39 is 11.9 Å². The van der Waals surface area contributed by atoms with Crippen LogP contribution in [0.15, 0.2) is 36.7 Å². The molecule has 176 valence electrons. The van der Waals surface area contributed by atoms with Crippen LogP contribution in [0.5, 0.6) is 0 Å². The molecule has 2 atom stereocenters. The van der Waals surface area contributed by atoms with Gasteiger partial charge in [0.1, 0.15) is 5.69 Å². The second-order valence-corrected chi connectivity index (χ2v) is 9.13. The average molecular weight is 480 g/mol. The maximum Gasteiger partial charge on any atom is 0.433 e. The standard InChI is InChI=1S/C23H25ClF3N5O/c1-13(2)32-12-14(11-28-32)22(33)30-17-5-3-4-16(9-17)29-20-10-21(23(25,26)27)31-19-7-6-15(24)8-18(19)20/h6-8,10-13,16-17H,3-5,9H2,1-2H3,(H,29,31)(H,30,33)/t16-,17+/m0/s1. The lowest BCUT2D eigenvalue weighted by molar-refractivity contribution is -0.140. The van der Waals surface area contributed by atoms with Gasteiger partial charge in [-0.1, -0.05) is 11.6 Å². The number of amides is 1. The maximum atomic E-state index is 13.4. The van der Waals surface area contributed by atoms with Crippen LogP contribution in [0.25, 0.3) is 10.9 Å². The molecule has 6 nitrogen and oxygen atoms in total. The molecule has 10 heteroatoms. The zero-order chi connectivity index (χ0) is 23.8. The van der Waals surface area contributed by atoms with Gasteiger partial charge in [0.05, 0.1) is 17.3 Å². The summed E-state index contributed by atoms with van der Waals surface area (Å²) in [6.07, 6.45) is 1.71. The van der Waals surface area contributed by atoms with Crippen molar-refractivity contribution in [1.29, 1.82) is 0 Å². The van der Waals surface area contributed by atoms with E-state index in [1.165, 1.54) is 12.1 Å². The Morgan fingerprint density at radius 3 is 2.67 bits per heavy atom. The number of carbonyl (C=O) groups excluding carboxylic acids is 1. The van der Waals surface area contributed by atoms with Crippen LogP contribution in [0, 0.1) is 0 Å². The highest BCUT2D eigenvalue weighted by atomic mass is 35.5. The number of alkyl halides is 3. The van der Waals surface area contributed by atoms with Crippen molar-refractivity contribution >= 4 is 34.1 Å². The Balaban J connectivity index is 1.51. The quantitative estimate of drug-likeness (QED) is 0.482. The Morgan fingerprint density at radius 1 is 1.21 bits per heavy atom. The fourth-order valence-corrected chi connectivity index (χ4v) is 4.31. The molecule has 0 radical (unpaired) electrons. The van der Waals surface area contributed by atoms with Crippen LogP contribution >= 0.6 is 11.6 Å². The molecule has 0 aliphatic heterocycles. The van der Waals surface area contributed by atoms with Crippen molar-refractivity contribution in [2.45, 2.75) is 63.8 Å². The normalized spacial score (nSPS) is 19.1. The molecule has 1 aromatic carbocycles. The van der Waals surface area contributed by atoms with E-state index in [4.69, 9.17) is 11.6 Å². The molecule has 4 rings (SSSR count). The van der Waals surface area contributed by atoms with Gasteiger partial charge in [-0.05, 0) is 63.8 Å². The van der Waals surface area contributed by atoms with E-state index in [9.17, 15) is 18.0 Å². The number of carbonyl (C=O) groups is 1. The molecule has 33 heavy (non-hydrogen) atoms. The highest BCUT2D eigenvalue weighted by molar-refractivity contribution is 6.31. The molecule has 1 aliphatic carbocycles. The van der Waals surface area contributed by atoms with Gasteiger partial charge in [-0.2, -0.15) is 18.3 Å². The molecule has 1 saturated carbocycles. The Bertz CT molecular complexity index is 1160. The van der Waals surface area contributed by atoms with Crippen LogP contribution in [-0.2, 0) is 6.18 Å². The van der Waals surface area contributed by atoms with E-state index in [-0.39, 0.29) is 29.5 Å². The van der Waals surface area contributed by atoms with Crippen LogP contribution in [-0.4, -0.2) is 32.8 Å².